The summed E-state index contributed by atoms with van der Waals surface area (Å²) in [5, 5.41) is 16.6. The summed E-state index contributed by atoms with van der Waals surface area (Å²) in [4.78, 5) is 19.8. The van der Waals surface area contributed by atoms with E-state index in [-0.39, 0.29) is 17.3 Å². The first kappa shape index (κ1) is 14.5. The lowest BCUT2D eigenvalue weighted by molar-refractivity contribution is 0.102. The number of benzene rings is 1. The van der Waals surface area contributed by atoms with Crippen molar-refractivity contribution in [1.82, 2.24) is 19.7 Å². The van der Waals surface area contributed by atoms with E-state index in [1.807, 2.05) is 6.07 Å². The second-order valence-electron chi connectivity index (χ2n) is 4.80. The lowest BCUT2D eigenvalue weighted by atomic mass is 10.2. The zero-order valence-electron chi connectivity index (χ0n) is 12.0. The van der Waals surface area contributed by atoms with E-state index < -0.39 is 5.91 Å². The molecule has 0 fully saturated rings. The van der Waals surface area contributed by atoms with Crippen LogP contribution in [0.15, 0.2) is 49.1 Å². The average molecular weight is 310 g/mol. The molecule has 0 aliphatic heterocycles. The molecular weight excluding hydrogens is 296 g/mol. The zero-order valence-corrected chi connectivity index (χ0v) is 12.0. The second kappa shape index (κ2) is 6.14. The molecule has 3 aromatic rings. The molecule has 4 N–H and O–H groups in total. The third-order valence-corrected chi connectivity index (χ3v) is 3.16. The van der Waals surface area contributed by atoms with E-state index in [4.69, 9.17) is 5.73 Å². The van der Waals surface area contributed by atoms with Crippen molar-refractivity contribution < 1.29 is 9.90 Å². The number of amides is 1. The number of anilines is 2. The number of nitrogens with two attached hydrogens (primary N) is 1. The van der Waals surface area contributed by atoms with Crippen molar-refractivity contribution in [3.63, 3.8) is 0 Å². The van der Waals surface area contributed by atoms with Gasteiger partial charge in [-0.05, 0) is 6.07 Å². The number of para-hydroxylation sites is 1. The molecule has 2 aromatic heterocycles. The Bertz CT molecular complexity index is 845. The SMILES string of the molecule is Nc1nccnc1C(=O)Nc1cnn(Cc2ccccc2O)c1. The maximum Gasteiger partial charge on any atom is 0.278 e. The van der Waals surface area contributed by atoms with Crippen LogP contribution in [0.2, 0.25) is 0 Å². The van der Waals surface area contributed by atoms with Gasteiger partial charge in [-0.25, -0.2) is 9.97 Å². The molecule has 23 heavy (non-hydrogen) atoms. The summed E-state index contributed by atoms with van der Waals surface area (Å²) < 4.78 is 1.60. The number of nitrogen functional groups attached to an aromatic ring is 1. The Morgan fingerprint density at radius 2 is 2.04 bits per heavy atom. The first-order valence-corrected chi connectivity index (χ1v) is 6.80. The fourth-order valence-electron chi connectivity index (χ4n) is 2.05. The highest BCUT2D eigenvalue weighted by atomic mass is 16.3. The summed E-state index contributed by atoms with van der Waals surface area (Å²) >= 11 is 0. The van der Waals surface area contributed by atoms with Crippen LogP contribution in [0.25, 0.3) is 0 Å². The van der Waals surface area contributed by atoms with Crippen LogP contribution in [0.5, 0.6) is 5.75 Å². The van der Waals surface area contributed by atoms with E-state index in [1.165, 1.54) is 18.6 Å². The van der Waals surface area contributed by atoms with Crippen molar-refractivity contribution in [2.24, 2.45) is 0 Å². The van der Waals surface area contributed by atoms with Gasteiger partial charge in [-0.3, -0.25) is 9.48 Å². The van der Waals surface area contributed by atoms with Gasteiger partial charge in [0.25, 0.3) is 5.91 Å². The number of carbonyl (C=O) groups is 1. The number of aromatic hydroxyl groups is 1. The topological polar surface area (TPSA) is 119 Å². The second-order valence-corrected chi connectivity index (χ2v) is 4.80. The van der Waals surface area contributed by atoms with Gasteiger partial charge < -0.3 is 16.2 Å². The van der Waals surface area contributed by atoms with Crippen LogP contribution in [0.1, 0.15) is 16.1 Å². The van der Waals surface area contributed by atoms with Gasteiger partial charge in [-0.15, -0.1) is 0 Å². The van der Waals surface area contributed by atoms with E-state index >= 15 is 0 Å². The number of nitrogens with zero attached hydrogens (tertiary/aromatic N) is 4. The van der Waals surface area contributed by atoms with Crippen LogP contribution < -0.4 is 11.1 Å². The van der Waals surface area contributed by atoms with Gasteiger partial charge in [0.1, 0.15) is 5.75 Å². The first-order chi connectivity index (χ1) is 11.1. The van der Waals surface area contributed by atoms with Crippen LogP contribution in [-0.4, -0.2) is 30.8 Å². The molecule has 8 nitrogen and oxygen atoms in total. The van der Waals surface area contributed by atoms with E-state index in [9.17, 15) is 9.90 Å². The van der Waals surface area contributed by atoms with Gasteiger partial charge in [-0.2, -0.15) is 5.10 Å². The molecule has 0 radical (unpaired) electrons. The smallest absolute Gasteiger partial charge is 0.278 e. The standard InChI is InChI=1S/C15H14N6O2/c16-14-13(17-5-6-18-14)15(23)20-11-7-19-21(9-11)8-10-3-1-2-4-12(10)22/h1-7,9,22H,8H2,(H2,16,18)(H,20,23). The third kappa shape index (κ3) is 3.26. The van der Waals surface area contributed by atoms with Crippen molar-refractivity contribution in [2.45, 2.75) is 6.54 Å². The highest BCUT2D eigenvalue weighted by Crippen LogP contribution is 2.17. The van der Waals surface area contributed by atoms with E-state index in [0.29, 0.717) is 12.2 Å². The Kier molecular flexibility index (Phi) is 3.88. The van der Waals surface area contributed by atoms with Gasteiger partial charge in [0.15, 0.2) is 11.5 Å². The molecule has 0 saturated heterocycles. The van der Waals surface area contributed by atoms with Crippen molar-refractivity contribution >= 4 is 17.4 Å². The molecule has 0 aliphatic carbocycles. The van der Waals surface area contributed by atoms with Crippen molar-refractivity contribution in [3.8, 4) is 5.75 Å². The van der Waals surface area contributed by atoms with Crippen LogP contribution in [0.4, 0.5) is 11.5 Å². The largest absolute Gasteiger partial charge is 0.508 e. The van der Waals surface area contributed by atoms with Crippen molar-refractivity contribution in [3.05, 3.63) is 60.3 Å². The average Bonchev–Trinajstić information content (AvgIpc) is 2.97. The maximum absolute atomic E-state index is 12.1. The van der Waals surface area contributed by atoms with Crippen molar-refractivity contribution in [2.75, 3.05) is 11.1 Å². The predicted molar refractivity (Wildman–Crippen MR) is 83.8 cm³/mol. The number of carbonyl (C=O) groups excluding carboxylic acids is 1. The summed E-state index contributed by atoms with van der Waals surface area (Å²) in [6.45, 7) is 0.385. The molecule has 1 aromatic carbocycles. The monoisotopic (exact) mass is 310 g/mol. The van der Waals surface area contributed by atoms with Crippen molar-refractivity contribution in [1.29, 1.82) is 0 Å². The molecule has 116 valence electrons. The maximum atomic E-state index is 12.1. The number of rotatable bonds is 4. The zero-order chi connectivity index (χ0) is 16.2. The van der Waals surface area contributed by atoms with Gasteiger partial charge >= 0.3 is 0 Å². The summed E-state index contributed by atoms with van der Waals surface area (Å²) in [5.74, 6) is -0.203. The Labute approximate surface area is 131 Å². The number of aromatic nitrogens is 4. The molecule has 0 unspecified atom stereocenters. The van der Waals surface area contributed by atoms with Gasteiger partial charge in [0.2, 0.25) is 0 Å². The van der Waals surface area contributed by atoms with Crippen LogP contribution in [-0.2, 0) is 6.54 Å². The molecule has 0 aliphatic rings. The molecule has 1 amide bonds. The Balaban J connectivity index is 1.72. The summed E-state index contributed by atoms with van der Waals surface area (Å²) in [6, 6.07) is 6.99. The van der Waals surface area contributed by atoms with Gasteiger partial charge in [-0.1, -0.05) is 18.2 Å². The highest BCUT2D eigenvalue weighted by Gasteiger charge is 2.13. The molecule has 8 heteroatoms. The predicted octanol–water partition coefficient (Wildman–Crippen LogP) is 1.26. The quantitative estimate of drug-likeness (QED) is 0.667. The minimum atomic E-state index is -0.460. The Morgan fingerprint density at radius 1 is 1.26 bits per heavy atom. The fraction of sp³-hybridized carbons (Fsp3) is 0.0667. The number of hydrogen-bond acceptors (Lipinski definition) is 6. The summed E-state index contributed by atoms with van der Waals surface area (Å²) in [6.07, 6.45) is 5.96. The lowest BCUT2D eigenvalue weighted by Crippen LogP contribution is -2.16. The molecule has 0 saturated carbocycles. The van der Waals surface area contributed by atoms with E-state index in [2.05, 4.69) is 20.4 Å². The first-order valence-electron chi connectivity index (χ1n) is 6.80. The van der Waals surface area contributed by atoms with E-state index in [1.54, 1.807) is 29.1 Å². The summed E-state index contributed by atoms with van der Waals surface area (Å²) in [7, 11) is 0. The van der Waals surface area contributed by atoms with Crippen LogP contribution in [0, 0.1) is 0 Å². The Morgan fingerprint density at radius 3 is 2.83 bits per heavy atom. The van der Waals surface area contributed by atoms with E-state index in [0.717, 1.165) is 5.56 Å². The minimum absolute atomic E-state index is 0.0564. The normalized spacial score (nSPS) is 10.4. The fourth-order valence-corrected chi connectivity index (χ4v) is 2.05. The molecule has 0 atom stereocenters. The molecule has 3 rings (SSSR count). The number of hydrogen-bond donors (Lipinski definition) is 3. The summed E-state index contributed by atoms with van der Waals surface area (Å²) in [5.41, 5.74) is 6.90. The number of phenolic OH excluding ortho intramolecular Hbond substituents is 1. The van der Waals surface area contributed by atoms with Crippen LogP contribution >= 0.6 is 0 Å². The minimum Gasteiger partial charge on any atom is -0.508 e. The Hall–Kier alpha value is -3.42. The third-order valence-electron chi connectivity index (χ3n) is 3.16. The lowest BCUT2D eigenvalue weighted by Gasteiger charge is -2.04. The van der Waals surface area contributed by atoms with Crippen LogP contribution in [0.3, 0.4) is 0 Å². The number of phenols is 1. The molecular formula is C15H14N6O2. The molecule has 0 bridgehead atoms. The highest BCUT2D eigenvalue weighted by molar-refractivity contribution is 6.05. The molecule has 2 heterocycles. The van der Waals surface area contributed by atoms with Gasteiger partial charge in [0, 0.05) is 24.2 Å². The van der Waals surface area contributed by atoms with Gasteiger partial charge in [0.05, 0.1) is 18.4 Å². The number of nitrogens with one attached hydrogen (secondary N) is 1. The molecule has 0 spiro atoms.